The first kappa shape index (κ1) is 16.2. The van der Waals surface area contributed by atoms with Gasteiger partial charge in [-0.25, -0.2) is 0 Å². The van der Waals surface area contributed by atoms with Gasteiger partial charge >= 0.3 is 0 Å². The summed E-state index contributed by atoms with van der Waals surface area (Å²) in [4.78, 5) is 1.21. The standard InChI is InChI=1S/C16H21IO2S/c1-4-6-15-14(9-17)13-8-11(20-5-2)7-12(10(3)18)16(13)19-15/h7-8,10,18H,4-6,9H2,1-3H3. The highest BCUT2D eigenvalue weighted by Crippen LogP contribution is 2.37. The van der Waals surface area contributed by atoms with E-state index in [0.29, 0.717) is 0 Å². The molecule has 4 heteroatoms. The van der Waals surface area contributed by atoms with E-state index in [9.17, 15) is 5.11 Å². The van der Waals surface area contributed by atoms with Gasteiger partial charge in [0.1, 0.15) is 11.3 Å². The molecule has 0 radical (unpaired) electrons. The summed E-state index contributed by atoms with van der Waals surface area (Å²) in [6.07, 6.45) is 1.53. The summed E-state index contributed by atoms with van der Waals surface area (Å²) in [5.74, 6) is 2.11. The molecule has 0 saturated heterocycles. The Bertz CT molecular complexity index is 590. The van der Waals surface area contributed by atoms with E-state index >= 15 is 0 Å². The Balaban J connectivity index is 2.69. The second-order valence-corrected chi connectivity index (χ2v) is 6.99. The lowest BCUT2D eigenvalue weighted by molar-refractivity contribution is 0.199. The molecule has 1 N–H and O–H groups in total. The summed E-state index contributed by atoms with van der Waals surface area (Å²) in [6, 6.07) is 4.28. The number of aliphatic hydroxyl groups is 1. The van der Waals surface area contributed by atoms with Crippen LogP contribution in [0.4, 0.5) is 0 Å². The largest absolute Gasteiger partial charge is 0.460 e. The molecule has 2 rings (SSSR count). The van der Waals surface area contributed by atoms with E-state index in [1.807, 2.05) is 11.8 Å². The molecule has 1 aromatic carbocycles. The second-order valence-electron chi connectivity index (χ2n) is 4.89. The molecule has 0 bridgehead atoms. The summed E-state index contributed by atoms with van der Waals surface area (Å²) >= 11 is 4.20. The first-order valence-electron chi connectivity index (χ1n) is 7.07. The molecule has 1 heterocycles. The fourth-order valence-corrected chi connectivity index (χ4v) is 4.01. The average molecular weight is 404 g/mol. The van der Waals surface area contributed by atoms with Crippen LogP contribution < -0.4 is 0 Å². The van der Waals surface area contributed by atoms with Crippen LogP contribution in [0.25, 0.3) is 11.0 Å². The predicted molar refractivity (Wildman–Crippen MR) is 95.0 cm³/mol. The van der Waals surface area contributed by atoms with Crippen LogP contribution in [0, 0.1) is 0 Å². The van der Waals surface area contributed by atoms with Crippen molar-refractivity contribution in [1.29, 1.82) is 0 Å². The van der Waals surface area contributed by atoms with Crippen LogP contribution >= 0.6 is 34.4 Å². The lowest BCUT2D eigenvalue weighted by atomic mass is 10.0. The Hall–Kier alpha value is -0.200. The molecule has 0 aliphatic rings. The van der Waals surface area contributed by atoms with Gasteiger partial charge in [-0.05, 0) is 31.2 Å². The lowest BCUT2D eigenvalue weighted by Crippen LogP contribution is -1.92. The maximum absolute atomic E-state index is 10.0. The Kier molecular flexibility index (Phi) is 5.81. The third-order valence-corrected chi connectivity index (χ3v) is 4.97. The number of furan rings is 1. The van der Waals surface area contributed by atoms with E-state index in [1.165, 1.54) is 15.8 Å². The number of rotatable bonds is 6. The monoisotopic (exact) mass is 404 g/mol. The van der Waals surface area contributed by atoms with Crippen LogP contribution in [0.3, 0.4) is 0 Å². The molecule has 0 fully saturated rings. The number of fused-ring (bicyclic) bond motifs is 1. The normalized spacial score (nSPS) is 13.1. The highest BCUT2D eigenvalue weighted by molar-refractivity contribution is 14.1. The fraction of sp³-hybridized carbons (Fsp3) is 0.500. The Morgan fingerprint density at radius 3 is 2.65 bits per heavy atom. The summed E-state index contributed by atoms with van der Waals surface area (Å²) < 4.78 is 7.03. The number of hydrogen-bond donors (Lipinski definition) is 1. The molecular weight excluding hydrogens is 383 g/mol. The van der Waals surface area contributed by atoms with Gasteiger partial charge < -0.3 is 9.52 Å². The van der Waals surface area contributed by atoms with E-state index < -0.39 is 6.10 Å². The first-order chi connectivity index (χ1) is 9.62. The van der Waals surface area contributed by atoms with Crippen molar-refractivity contribution in [2.24, 2.45) is 0 Å². The zero-order chi connectivity index (χ0) is 14.7. The number of halogens is 1. The smallest absolute Gasteiger partial charge is 0.140 e. The predicted octanol–water partition coefficient (Wildman–Crippen LogP) is 5.49. The SMILES string of the molecule is CCCc1oc2c(C(C)O)cc(SCC)cc2c1CI. The zero-order valence-corrected chi connectivity index (χ0v) is 15.2. The van der Waals surface area contributed by atoms with Gasteiger partial charge in [-0.15, -0.1) is 11.8 Å². The van der Waals surface area contributed by atoms with Crippen molar-refractivity contribution in [2.75, 3.05) is 5.75 Å². The Morgan fingerprint density at radius 2 is 2.10 bits per heavy atom. The first-order valence-corrected chi connectivity index (χ1v) is 9.58. The number of thioether (sulfide) groups is 1. The van der Waals surface area contributed by atoms with Gasteiger partial charge in [0.2, 0.25) is 0 Å². The van der Waals surface area contributed by atoms with Crippen LogP contribution in [0.15, 0.2) is 21.4 Å². The molecule has 1 atom stereocenters. The van der Waals surface area contributed by atoms with Crippen molar-refractivity contribution >= 4 is 45.3 Å². The van der Waals surface area contributed by atoms with Gasteiger partial charge in [0.05, 0.1) is 6.10 Å². The summed E-state index contributed by atoms with van der Waals surface area (Å²) in [5.41, 5.74) is 3.07. The van der Waals surface area contributed by atoms with Crippen molar-refractivity contribution in [2.45, 2.75) is 49.0 Å². The average Bonchev–Trinajstić information content (AvgIpc) is 2.75. The van der Waals surface area contributed by atoms with E-state index in [2.05, 4.69) is 48.6 Å². The van der Waals surface area contributed by atoms with Gasteiger partial charge in [0.25, 0.3) is 0 Å². The van der Waals surface area contributed by atoms with Crippen LogP contribution in [0.2, 0.25) is 0 Å². The Labute approximate surface area is 138 Å². The second kappa shape index (κ2) is 7.18. The molecule has 2 nitrogen and oxygen atoms in total. The van der Waals surface area contributed by atoms with Crippen LogP contribution in [0.1, 0.15) is 50.2 Å². The minimum atomic E-state index is -0.502. The van der Waals surface area contributed by atoms with E-state index in [0.717, 1.165) is 39.9 Å². The third kappa shape index (κ3) is 3.17. The molecule has 20 heavy (non-hydrogen) atoms. The van der Waals surface area contributed by atoms with E-state index in [1.54, 1.807) is 6.92 Å². The van der Waals surface area contributed by atoms with Crippen molar-refractivity contribution < 1.29 is 9.52 Å². The van der Waals surface area contributed by atoms with Gasteiger partial charge in [-0.2, -0.15) is 0 Å². The van der Waals surface area contributed by atoms with Gasteiger partial charge in [0, 0.05) is 32.3 Å². The molecule has 0 saturated carbocycles. The molecule has 1 aromatic heterocycles. The summed E-state index contributed by atoms with van der Waals surface area (Å²) in [5, 5.41) is 11.2. The summed E-state index contributed by atoms with van der Waals surface area (Å²) in [7, 11) is 0. The van der Waals surface area contributed by atoms with Crippen molar-refractivity contribution in [1.82, 2.24) is 0 Å². The number of aryl methyl sites for hydroxylation is 1. The quantitative estimate of drug-likeness (QED) is 0.393. The molecule has 0 aliphatic heterocycles. The van der Waals surface area contributed by atoms with Crippen LogP contribution in [-0.2, 0) is 10.8 Å². The van der Waals surface area contributed by atoms with Gasteiger partial charge in [0.15, 0.2) is 0 Å². The van der Waals surface area contributed by atoms with E-state index in [4.69, 9.17) is 4.42 Å². The highest BCUT2D eigenvalue weighted by Gasteiger charge is 2.18. The molecule has 1 unspecified atom stereocenters. The number of benzene rings is 1. The van der Waals surface area contributed by atoms with Crippen LogP contribution in [0.5, 0.6) is 0 Å². The topological polar surface area (TPSA) is 33.4 Å². The molecule has 2 aromatic rings. The zero-order valence-electron chi connectivity index (χ0n) is 12.2. The highest BCUT2D eigenvalue weighted by atomic mass is 127. The fourth-order valence-electron chi connectivity index (χ4n) is 2.43. The third-order valence-electron chi connectivity index (χ3n) is 3.35. The molecule has 0 aliphatic carbocycles. The lowest BCUT2D eigenvalue weighted by Gasteiger charge is -2.08. The number of alkyl halides is 1. The molecule has 0 spiro atoms. The molecule has 110 valence electrons. The van der Waals surface area contributed by atoms with Crippen molar-refractivity contribution in [3.05, 3.63) is 29.0 Å². The number of aliphatic hydroxyl groups excluding tert-OH is 1. The maximum atomic E-state index is 10.0. The minimum absolute atomic E-state index is 0.502. The van der Waals surface area contributed by atoms with Crippen molar-refractivity contribution in [3.8, 4) is 0 Å². The minimum Gasteiger partial charge on any atom is -0.460 e. The molecule has 0 amide bonds. The van der Waals surface area contributed by atoms with E-state index in [-0.39, 0.29) is 0 Å². The summed E-state index contributed by atoms with van der Waals surface area (Å²) in [6.45, 7) is 6.12. The van der Waals surface area contributed by atoms with Gasteiger partial charge in [-0.1, -0.05) is 36.4 Å². The van der Waals surface area contributed by atoms with Crippen molar-refractivity contribution in [3.63, 3.8) is 0 Å². The maximum Gasteiger partial charge on any atom is 0.140 e. The molecular formula is C16H21IO2S. The van der Waals surface area contributed by atoms with Gasteiger partial charge in [-0.3, -0.25) is 0 Å². The number of hydrogen-bond acceptors (Lipinski definition) is 3. The van der Waals surface area contributed by atoms with Crippen LogP contribution in [-0.4, -0.2) is 10.9 Å². The Morgan fingerprint density at radius 1 is 1.35 bits per heavy atom.